The summed E-state index contributed by atoms with van der Waals surface area (Å²) in [5, 5.41) is 13.1. The van der Waals surface area contributed by atoms with Crippen LogP contribution in [0.3, 0.4) is 0 Å². The second kappa shape index (κ2) is 7.87. The van der Waals surface area contributed by atoms with E-state index in [1.165, 1.54) is 24.3 Å². The van der Waals surface area contributed by atoms with Crippen molar-refractivity contribution >= 4 is 32.2 Å². The quantitative estimate of drug-likeness (QED) is 0.461. The smallest absolute Gasteiger partial charge is 0.270 e. The van der Waals surface area contributed by atoms with E-state index in [1.807, 2.05) is 42.5 Å². The fourth-order valence-electron chi connectivity index (χ4n) is 3.92. The highest BCUT2D eigenvalue weighted by Gasteiger charge is 2.35. The first-order chi connectivity index (χ1) is 14.3. The number of non-ortho nitro benzene ring substituents is 1. The summed E-state index contributed by atoms with van der Waals surface area (Å²) in [5.41, 5.74) is 0.898. The summed E-state index contributed by atoms with van der Waals surface area (Å²) < 4.78 is 24.2. The van der Waals surface area contributed by atoms with Crippen molar-refractivity contribution in [3.8, 4) is 0 Å². The maximum atomic E-state index is 13.4. The van der Waals surface area contributed by atoms with Gasteiger partial charge < -0.3 is 4.90 Å². The summed E-state index contributed by atoms with van der Waals surface area (Å²) in [6.45, 7) is 0.225. The predicted octanol–water partition coefficient (Wildman–Crippen LogP) is 3.58. The number of nitro groups is 1. The van der Waals surface area contributed by atoms with Crippen LogP contribution in [0.1, 0.15) is 22.3 Å². The maximum Gasteiger partial charge on any atom is 0.270 e. The first-order valence-electron chi connectivity index (χ1n) is 9.56. The van der Waals surface area contributed by atoms with Crippen molar-refractivity contribution in [2.75, 3.05) is 11.5 Å². The number of carbonyl (C=O) groups excluding carboxylic acids is 1. The molecule has 7 nitrogen and oxygen atoms in total. The molecule has 0 saturated carbocycles. The van der Waals surface area contributed by atoms with Gasteiger partial charge in [-0.1, -0.05) is 48.5 Å². The number of carbonyl (C=O) groups is 1. The summed E-state index contributed by atoms with van der Waals surface area (Å²) >= 11 is 0. The lowest BCUT2D eigenvalue weighted by Gasteiger charge is -2.29. The van der Waals surface area contributed by atoms with Gasteiger partial charge in [-0.05, 0) is 28.8 Å². The van der Waals surface area contributed by atoms with Crippen LogP contribution in [-0.4, -0.2) is 41.7 Å². The molecule has 0 bridgehead atoms. The molecule has 1 atom stereocenters. The van der Waals surface area contributed by atoms with Gasteiger partial charge in [-0.3, -0.25) is 14.9 Å². The number of benzene rings is 3. The van der Waals surface area contributed by atoms with Crippen molar-refractivity contribution in [3.63, 3.8) is 0 Å². The highest BCUT2D eigenvalue weighted by atomic mass is 32.2. The second-order valence-electron chi connectivity index (χ2n) is 7.44. The van der Waals surface area contributed by atoms with Crippen LogP contribution in [0.4, 0.5) is 5.69 Å². The molecule has 1 amide bonds. The van der Waals surface area contributed by atoms with E-state index >= 15 is 0 Å². The van der Waals surface area contributed by atoms with Crippen LogP contribution >= 0.6 is 0 Å². The number of sulfone groups is 1. The van der Waals surface area contributed by atoms with Gasteiger partial charge in [0.25, 0.3) is 11.6 Å². The minimum absolute atomic E-state index is 0.0337. The Morgan fingerprint density at radius 2 is 1.80 bits per heavy atom. The van der Waals surface area contributed by atoms with Crippen LogP contribution in [0.5, 0.6) is 0 Å². The molecular formula is C22H20N2O5S. The molecule has 0 N–H and O–H groups in total. The van der Waals surface area contributed by atoms with E-state index < -0.39 is 26.7 Å². The van der Waals surface area contributed by atoms with Gasteiger partial charge in [-0.25, -0.2) is 8.42 Å². The zero-order valence-corrected chi connectivity index (χ0v) is 16.9. The largest absolute Gasteiger partial charge is 0.330 e. The van der Waals surface area contributed by atoms with Gasteiger partial charge in [-0.15, -0.1) is 0 Å². The van der Waals surface area contributed by atoms with Crippen LogP contribution in [0.15, 0.2) is 66.7 Å². The predicted molar refractivity (Wildman–Crippen MR) is 114 cm³/mol. The van der Waals surface area contributed by atoms with E-state index in [-0.39, 0.29) is 29.3 Å². The van der Waals surface area contributed by atoms with E-state index in [0.29, 0.717) is 6.42 Å². The molecule has 154 valence electrons. The number of nitrogens with zero attached hydrogens (tertiary/aromatic N) is 2. The molecule has 1 saturated heterocycles. The standard InChI is InChI=1S/C22H20N2O5S/c25-22(17-7-4-9-19(13-17)24(26)27)23(20-11-12-30(28,29)15-20)14-18-8-3-6-16-5-1-2-10-21(16)18/h1-10,13,20H,11-12,14-15H2. The number of fused-ring (bicyclic) bond motifs is 1. The molecule has 3 aromatic carbocycles. The molecular weight excluding hydrogens is 404 g/mol. The Balaban J connectivity index is 1.74. The molecule has 3 aromatic rings. The Morgan fingerprint density at radius 1 is 1.07 bits per heavy atom. The summed E-state index contributed by atoms with van der Waals surface area (Å²) in [7, 11) is -3.21. The molecule has 0 aromatic heterocycles. The van der Waals surface area contributed by atoms with E-state index in [9.17, 15) is 23.3 Å². The maximum absolute atomic E-state index is 13.4. The zero-order chi connectivity index (χ0) is 21.3. The van der Waals surface area contributed by atoms with Gasteiger partial charge in [0.2, 0.25) is 0 Å². The van der Waals surface area contributed by atoms with Crippen molar-refractivity contribution in [3.05, 3.63) is 88.0 Å². The molecule has 1 aliphatic heterocycles. The first kappa shape index (κ1) is 20.0. The SMILES string of the molecule is O=C(c1cccc([N+](=O)[O-])c1)N(Cc1cccc2ccccc12)C1CCS(=O)(=O)C1. The van der Waals surface area contributed by atoms with Crippen LogP contribution in [0.25, 0.3) is 10.8 Å². The summed E-state index contributed by atoms with van der Waals surface area (Å²) in [6, 6.07) is 18.7. The minimum atomic E-state index is -3.21. The molecule has 1 heterocycles. The van der Waals surface area contributed by atoms with E-state index in [0.717, 1.165) is 16.3 Å². The Hall–Kier alpha value is -3.26. The van der Waals surface area contributed by atoms with E-state index in [2.05, 4.69) is 0 Å². The van der Waals surface area contributed by atoms with Gasteiger partial charge >= 0.3 is 0 Å². The molecule has 0 aliphatic carbocycles. The lowest BCUT2D eigenvalue weighted by Crippen LogP contribution is -2.40. The molecule has 30 heavy (non-hydrogen) atoms. The third kappa shape index (κ3) is 4.04. The molecule has 8 heteroatoms. The van der Waals surface area contributed by atoms with Gasteiger partial charge in [0, 0.05) is 30.3 Å². The number of hydrogen-bond donors (Lipinski definition) is 0. The van der Waals surface area contributed by atoms with E-state index in [4.69, 9.17) is 0 Å². The first-order valence-corrected chi connectivity index (χ1v) is 11.4. The lowest BCUT2D eigenvalue weighted by molar-refractivity contribution is -0.384. The number of rotatable bonds is 5. The van der Waals surface area contributed by atoms with Crippen molar-refractivity contribution in [1.82, 2.24) is 4.90 Å². The van der Waals surface area contributed by atoms with Gasteiger partial charge in [0.05, 0.1) is 16.4 Å². The van der Waals surface area contributed by atoms with Crippen LogP contribution in [0, 0.1) is 10.1 Å². The fourth-order valence-corrected chi connectivity index (χ4v) is 5.65. The van der Waals surface area contributed by atoms with Gasteiger partial charge in [-0.2, -0.15) is 0 Å². The topological polar surface area (TPSA) is 97.6 Å². The number of amides is 1. The van der Waals surface area contributed by atoms with Crippen LogP contribution in [0.2, 0.25) is 0 Å². The third-order valence-electron chi connectivity index (χ3n) is 5.43. The summed E-state index contributed by atoms with van der Waals surface area (Å²) in [6.07, 6.45) is 0.355. The number of hydrogen-bond acceptors (Lipinski definition) is 5. The Morgan fingerprint density at radius 3 is 2.53 bits per heavy atom. The average molecular weight is 424 g/mol. The van der Waals surface area contributed by atoms with E-state index in [1.54, 1.807) is 4.90 Å². The van der Waals surface area contributed by atoms with Crippen molar-refractivity contribution < 1.29 is 18.1 Å². The highest BCUT2D eigenvalue weighted by molar-refractivity contribution is 7.91. The molecule has 1 unspecified atom stereocenters. The molecule has 0 spiro atoms. The van der Waals surface area contributed by atoms with Crippen molar-refractivity contribution in [1.29, 1.82) is 0 Å². The molecule has 0 radical (unpaired) electrons. The van der Waals surface area contributed by atoms with Crippen molar-refractivity contribution in [2.45, 2.75) is 19.0 Å². The minimum Gasteiger partial charge on any atom is -0.330 e. The normalized spacial score (nSPS) is 17.7. The lowest BCUT2D eigenvalue weighted by atomic mass is 10.0. The van der Waals surface area contributed by atoms with Crippen LogP contribution < -0.4 is 0 Å². The highest BCUT2D eigenvalue weighted by Crippen LogP contribution is 2.26. The average Bonchev–Trinajstić information content (AvgIpc) is 3.11. The summed E-state index contributed by atoms with van der Waals surface area (Å²) in [4.78, 5) is 25.5. The third-order valence-corrected chi connectivity index (χ3v) is 7.18. The van der Waals surface area contributed by atoms with Crippen molar-refractivity contribution in [2.24, 2.45) is 0 Å². The zero-order valence-electron chi connectivity index (χ0n) is 16.1. The Kier molecular flexibility index (Phi) is 5.26. The van der Waals surface area contributed by atoms with Gasteiger partial charge in [0.1, 0.15) is 0 Å². The Bertz CT molecular complexity index is 1230. The number of nitro benzene ring substituents is 1. The molecule has 1 aliphatic rings. The fraction of sp³-hybridized carbons (Fsp3) is 0.227. The summed E-state index contributed by atoms with van der Waals surface area (Å²) in [5.74, 6) is -0.474. The molecule has 1 fully saturated rings. The Labute approximate surface area is 174 Å². The van der Waals surface area contributed by atoms with Gasteiger partial charge in [0.15, 0.2) is 9.84 Å². The van der Waals surface area contributed by atoms with Crippen LogP contribution in [-0.2, 0) is 16.4 Å². The molecule has 4 rings (SSSR count). The monoisotopic (exact) mass is 424 g/mol. The second-order valence-corrected chi connectivity index (χ2v) is 9.66.